The zero-order chi connectivity index (χ0) is 22.8. The quantitative estimate of drug-likeness (QED) is 0.652. The Kier molecular flexibility index (Phi) is 6.24. The van der Waals surface area contributed by atoms with E-state index in [1.807, 2.05) is 0 Å². The second kappa shape index (κ2) is 8.56. The Balaban J connectivity index is 1.81. The fourth-order valence-electron chi connectivity index (χ4n) is 3.75. The molecule has 166 valence electrons. The van der Waals surface area contributed by atoms with Gasteiger partial charge in [0.25, 0.3) is 0 Å². The molecular formula is C22H22F4N2O3. The molecule has 1 heterocycles. The lowest BCUT2D eigenvalue weighted by Gasteiger charge is -2.43. The Bertz CT molecular complexity index is 945. The van der Waals surface area contributed by atoms with E-state index in [1.54, 1.807) is 6.92 Å². The van der Waals surface area contributed by atoms with Gasteiger partial charge in [0, 0.05) is 25.8 Å². The van der Waals surface area contributed by atoms with Crippen LogP contribution in [0.5, 0.6) is 0 Å². The Hall–Kier alpha value is -3.10. The number of carbonyl (C=O) groups is 2. The summed E-state index contributed by atoms with van der Waals surface area (Å²) >= 11 is 0. The number of hydrogen-bond donors (Lipinski definition) is 1. The van der Waals surface area contributed by atoms with Crippen molar-refractivity contribution in [2.24, 2.45) is 5.73 Å². The van der Waals surface area contributed by atoms with Crippen LogP contribution in [-0.4, -0.2) is 23.4 Å². The molecule has 2 atom stereocenters. The van der Waals surface area contributed by atoms with Gasteiger partial charge in [0.15, 0.2) is 0 Å². The van der Waals surface area contributed by atoms with Gasteiger partial charge in [-0.2, -0.15) is 13.2 Å². The molecule has 0 unspecified atom stereocenters. The van der Waals surface area contributed by atoms with Crippen molar-refractivity contribution in [3.63, 3.8) is 0 Å². The van der Waals surface area contributed by atoms with Crippen LogP contribution in [0.2, 0.25) is 0 Å². The summed E-state index contributed by atoms with van der Waals surface area (Å²) in [5, 5.41) is 0. The molecule has 2 aromatic rings. The van der Waals surface area contributed by atoms with Crippen LogP contribution in [0.15, 0.2) is 48.5 Å². The number of alkyl halides is 3. The number of rotatable bonds is 6. The van der Waals surface area contributed by atoms with Gasteiger partial charge in [0.1, 0.15) is 11.4 Å². The van der Waals surface area contributed by atoms with Gasteiger partial charge in [0.05, 0.1) is 11.6 Å². The summed E-state index contributed by atoms with van der Waals surface area (Å²) in [4.78, 5) is 25.6. The third kappa shape index (κ3) is 4.98. The molecule has 0 radical (unpaired) electrons. The van der Waals surface area contributed by atoms with Crippen molar-refractivity contribution in [3.8, 4) is 0 Å². The van der Waals surface area contributed by atoms with Crippen molar-refractivity contribution in [1.29, 1.82) is 0 Å². The summed E-state index contributed by atoms with van der Waals surface area (Å²) in [6.07, 6.45) is -4.70. The van der Waals surface area contributed by atoms with E-state index < -0.39 is 41.2 Å². The summed E-state index contributed by atoms with van der Waals surface area (Å²) < 4.78 is 57.5. The number of nitrogens with two attached hydrogens (primary N) is 1. The topological polar surface area (TPSA) is 72.6 Å². The van der Waals surface area contributed by atoms with Crippen LogP contribution in [0.1, 0.15) is 48.9 Å². The third-order valence-electron chi connectivity index (χ3n) is 5.61. The number of amides is 2. The molecule has 0 bridgehead atoms. The van der Waals surface area contributed by atoms with Crippen LogP contribution in [0.4, 0.5) is 22.4 Å². The minimum Gasteiger partial charge on any atom is -0.438 e. The average molecular weight is 438 g/mol. The summed E-state index contributed by atoms with van der Waals surface area (Å²) in [6, 6.07) is 9.55. The lowest BCUT2D eigenvalue weighted by Crippen LogP contribution is -2.49. The van der Waals surface area contributed by atoms with Crippen molar-refractivity contribution in [2.45, 2.75) is 44.0 Å². The molecule has 1 aliphatic heterocycles. The molecule has 0 saturated carbocycles. The van der Waals surface area contributed by atoms with E-state index in [-0.39, 0.29) is 19.4 Å². The second-order valence-electron chi connectivity index (χ2n) is 7.57. The Morgan fingerprint density at radius 1 is 1.16 bits per heavy atom. The van der Waals surface area contributed by atoms with Crippen LogP contribution in [0.25, 0.3) is 0 Å². The van der Waals surface area contributed by atoms with Crippen molar-refractivity contribution >= 4 is 12.0 Å². The lowest BCUT2D eigenvalue weighted by atomic mass is 9.84. The molecule has 0 aromatic heterocycles. The van der Waals surface area contributed by atoms with E-state index in [0.717, 1.165) is 12.1 Å². The van der Waals surface area contributed by atoms with E-state index in [0.29, 0.717) is 17.5 Å². The van der Waals surface area contributed by atoms with E-state index in [2.05, 4.69) is 0 Å². The summed E-state index contributed by atoms with van der Waals surface area (Å²) in [7, 11) is 0. The fraction of sp³-hybridized carbons (Fsp3) is 0.364. The van der Waals surface area contributed by atoms with E-state index >= 15 is 0 Å². The smallest absolute Gasteiger partial charge is 0.416 e. The van der Waals surface area contributed by atoms with Gasteiger partial charge in [-0.1, -0.05) is 24.3 Å². The first-order valence-corrected chi connectivity index (χ1v) is 9.73. The predicted octanol–water partition coefficient (Wildman–Crippen LogP) is 4.91. The van der Waals surface area contributed by atoms with Gasteiger partial charge >= 0.3 is 12.3 Å². The van der Waals surface area contributed by atoms with Crippen molar-refractivity contribution in [3.05, 3.63) is 71.0 Å². The standard InChI is InChI=1S/C22H22F4N2O3/c1-14(15-2-4-17(5-3-15)22(24,25)26)28-13-12-21(31-20(28)30,11-10-19(27)29)16-6-8-18(23)9-7-16/h2-9,14H,10-13H2,1H3,(H2,27,29)/t14-,21+/m0/s1. The fourth-order valence-corrected chi connectivity index (χ4v) is 3.75. The first-order chi connectivity index (χ1) is 14.5. The lowest BCUT2D eigenvalue weighted by molar-refractivity contribution is -0.137. The molecule has 0 spiro atoms. The van der Waals surface area contributed by atoms with E-state index in [9.17, 15) is 27.2 Å². The van der Waals surface area contributed by atoms with Gasteiger partial charge in [-0.15, -0.1) is 0 Å². The molecule has 1 aliphatic rings. The predicted molar refractivity (Wildman–Crippen MR) is 104 cm³/mol. The highest BCUT2D eigenvalue weighted by Gasteiger charge is 2.43. The van der Waals surface area contributed by atoms with E-state index in [4.69, 9.17) is 10.5 Å². The molecule has 0 aliphatic carbocycles. The molecule has 9 heteroatoms. The number of ether oxygens (including phenoxy) is 1. The Morgan fingerprint density at radius 3 is 2.29 bits per heavy atom. The first kappa shape index (κ1) is 22.6. The van der Waals surface area contributed by atoms with Gasteiger partial charge < -0.3 is 15.4 Å². The second-order valence-corrected chi connectivity index (χ2v) is 7.57. The monoisotopic (exact) mass is 438 g/mol. The summed E-state index contributed by atoms with van der Waals surface area (Å²) in [6.45, 7) is 1.93. The molecule has 1 saturated heterocycles. The third-order valence-corrected chi connectivity index (χ3v) is 5.61. The minimum atomic E-state index is -4.44. The number of carbonyl (C=O) groups excluding carboxylic acids is 2. The van der Waals surface area contributed by atoms with Gasteiger partial charge in [0.2, 0.25) is 5.91 Å². The normalized spacial score (nSPS) is 20.3. The maximum atomic E-state index is 13.4. The highest BCUT2D eigenvalue weighted by Crippen LogP contribution is 2.40. The molecule has 2 N–H and O–H groups in total. The van der Waals surface area contributed by atoms with E-state index in [1.165, 1.54) is 41.3 Å². The van der Waals surface area contributed by atoms with Gasteiger partial charge in [-0.25, -0.2) is 9.18 Å². The maximum Gasteiger partial charge on any atom is 0.416 e. The van der Waals surface area contributed by atoms with Crippen LogP contribution in [-0.2, 0) is 21.3 Å². The first-order valence-electron chi connectivity index (χ1n) is 9.73. The van der Waals surface area contributed by atoms with Crippen LogP contribution in [0.3, 0.4) is 0 Å². The van der Waals surface area contributed by atoms with Crippen LogP contribution < -0.4 is 5.73 Å². The Morgan fingerprint density at radius 2 is 1.77 bits per heavy atom. The van der Waals surface area contributed by atoms with Crippen molar-refractivity contribution < 1.29 is 31.9 Å². The van der Waals surface area contributed by atoms with Crippen molar-refractivity contribution in [2.75, 3.05) is 6.54 Å². The number of hydrogen-bond acceptors (Lipinski definition) is 3. The summed E-state index contributed by atoms with van der Waals surface area (Å²) in [5.74, 6) is -1.01. The van der Waals surface area contributed by atoms with Crippen LogP contribution in [0, 0.1) is 5.82 Å². The van der Waals surface area contributed by atoms with Crippen LogP contribution >= 0.6 is 0 Å². The molecule has 3 rings (SSSR count). The minimum absolute atomic E-state index is 0.0287. The van der Waals surface area contributed by atoms with Gasteiger partial charge in [-0.05, 0) is 42.3 Å². The molecule has 31 heavy (non-hydrogen) atoms. The highest BCUT2D eigenvalue weighted by molar-refractivity contribution is 5.74. The zero-order valence-corrected chi connectivity index (χ0v) is 16.8. The SMILES string of the molecule is C[C@@H](c1ccc(C(F)(F)F)cc1)N1CC[C@](CCC(N)=O)(c2ccc(F)cc2)OC1=O. The van der Waals surface area contributed by atoms with Crippen molar-refractivity contribution in [1.82, 2.24) is 4.90 Å². The maximum absolute atomic E-state index is 13.4. The van der Waals surface area contributed by atoms with Gasteiger partial charge in [-0.3, -0.25) is 4.79 Å². The number of nitrogens with zero attached hydrogens (tertiary/aromatic N) is 1. The summed E-state index contributed by atoms with van der Waals surface area (Å²) in [5.41, 5.74) is 4.43. The molecule has 2 amide bonds. The number of halogens is 4. The number of benzene rings is 2. The zero-order valence-electron chi connectivity index (χ0n) is 16.8. The number of cyclic esters (lactones) is 1. The molecule has 2 aromatic carbocycles. The molecule has 1 fully saturated rings. The average Bonchev–Trinajstić information content (AvgIpc) is 2.72. The molecular weight excluding hydrogens is 416 g/mol. The molecule has 5 nitrogen and oxygen atoms in total. The highest BCUT2D eigenvalue weighted by atomic mass is 19.4. The Labute approximate surface area is 176 Å². The largest absolute Gasteiger partial charge is 0.438 e. The number of primary amides is 1.